The van der Waals surface area contributed by atoms with Gasteiger partial charge in [-0.2, -0.15) is 0 Å². The van der Waals surface area contributed by atoms with E-state index in [0.717, 1.165) is 12.8 Å². The van der Waals surface area contributed by atoms with Gasteiger partial charge >= 0.3 is 0 Å². The Kier molecular flexibility index (Phi) is 5.44. The molecule has 6 nitrogen and oxygen atoms in total. The fourth-order valence-electron chi connectivity index (χ4n) is 1.76. The van der Waals surface area contributed by atoms with Crippen molar-refractivity contribution in [2.45, 2.75) is 26.7 Å². The Morgan fingerprint density at radius 2 is 2.21 bits per heavy atom. The third kappa shape index (κ3) is 4.33. The first kappa shape index (κ1) is 15.1. The number of rotatable bonds is 6. The molecule has 0 aliphatic heterocycles. The summed E-state index contributed by atoms with van der Waals surface area (Å²) in [5, 5.41) is 13.4. The van der Waals surface area contributed by atoms with Gasteiger partial charge in [-0.25, -0.2) is 0 Å². The average Bonchev–Trinajstić information content (AvgIpc) is 2.35. The Hall–Kier alpha value is -1.95. The molecular weight excluding hydrogens is 246 g/mol. The maximum atomic E-state index is 11.9. The number of benzene rings is 1. The highest BCUT2D eigenvalue weighted by Crippen LogP contribution is 2.22. The zero-order chi connectivity index (χ0) is 14.4. The van der Waals surface area contributed by atoms with Gasteiger partial charge in [0.2, 0.25) is 5.91 Å². The van der Waals surface area contributed by atoms with Crippen LogP contribution in [0.1, 0.15) is 25.3 Å². The fourth-order valence-corrected chi connectivity index (χ4v) is 1.76. The number of nitrogens with one attached hydrogen (secondary N) is 1. The van der Waals surface area contributed by atoms with Gasteiger partial charge in [-0.1, -0.05) is 6.92 Å². The number of carbonyl (C=O) groups is 1. The van der Waals surface area contributed by atoms with E-state index in [-0.39, 0.29) is 17.5 Å². The second-order valence-electron chi connectivity index (χ2n) is 4.58. The first-order valence-corrected chi connectivity index (χ1v) is 6.21. The van der Waals surface area contributed by atoms with E-state index in [4.69, 9.17) is 5.73 Å². The predicted octanol–water partition coefficient (Wildman–Crippen LogP) is 2.22. The predicted molar refractivity (Wildman–Crippen MR) is 73.9 cm³/mol. The number of nitro benzene ring substituents is 1. The molecule has 1 rings (SSSR count). The van der Waals surface area contributed by atoms with Crippen molar-refractivity contribution in [3.05, 3.63) is 33.9 Å². The second kappa shape index (κ2) is 6.84. The molecule has 19 heavy (non-hydrogen) atoms. The van der Waals surface area contributed by atoms with E-state index in [2.05, 4.69) is 5.32 Å². The summed E-state index contributed by atoms with van der Waals surface area (Å²) in [6.07, 6.45) is 1.53. The quantitative estimate of drug-likeness (QED) is 0.608. The largest absolute Gasteiger partial charge is 0.330 e. The number of amides is 1. The minimum absolute atomic E-state index is 0.0502. The van der Waals surface area contributed by atoms with Crippen LogP contribution in [-0.4, -0.2) is 17.4 Å². The molecule has 0 radical (unpaired) electrons. The van der Waals surface area contributed by atoms with Crippen LogP contribution in [0.3, 0.4) is 0 Å². The first-order valence-electron chi connectivity index (χ1n) is 6.21. The molecule has 1 atom stereocenters. The lowest BCUT2D eigenvalue weighted by Gasteiger charge is -2.12. The molecular formula is C13H19N3O3. The maximum Gasteiger partial charge on any atom is 0.272 e. The van der Waals surface area contributed by atoms with Gasteiger partial charge in [-0.05, 0) is 38.4 Å². The lowest BCUT2D eigenvalue weighted by Crippen LogP contribution is -2.21. The van der Waals surface area contributed by atoms with Gasteiger partial charge in [-0.15, -0.1) is 0 Å². The van der Waals surface area contributed by atoms with Gasteiger partial charge in [0.15, 0.2) is 0 Å². The van der Waals surface area contributed by atoms with Crippen LogP contribution in [0, 0.1) is 23.0 Å². The van der Waals surface area contributed by atoms with Crippen LogP contribution in [0.5, 0.6) is 0 Å². The molecule has 1 unspecified atom stereocenters. The minimum Gasteiger partial charge on any atom is -0.330 e. The molecule has 0 bridgehead atoms. The van der Waals surface area contributed by atoms with E-state index < -0.39 is 4.92 Å². The zero-order valence-electron chi connectivity index (χ0n) is 11.2. The highest BCUT2D eigenvalue weighted by atomic mass is 16.6. The lowest BCUT2D eigenvalue weighted by molar-refractivity contribution is -0.385. The van der Waals surface area contributed by atoms with Gasteiger partial charge < -0.3 is 11.1 Å². The molecule has 0 aromatic heterocycles. The number of hydrogen-bond donors (Lipinski definition) is 2. The van der Waals surface area contributed by atoms with E-state index in [1.165, 1.54) is 6.07 Å². The van der Waals surface area contributed by atoms with Crippen LogP contribution in [0.25, 0.3) is 0 Å². The second-order valence-corrected chi connectivity index (χ2v) is 4.58. The van der Waals surface area contributed by atoms with Crippen LogP contribution in [0.15, 0.2) is 18.2 Å². The zero-order valence-corrected chi connectivity index (χ0v) is 11.2. The van der Waals surface area contributed by atoms with Gasteiger partial charge in [0.05, 0.1) is 4.92 Å². The van der Waals surface area contributed by atoms with Gasteiger partial charge in [0.25, 0.3) is 5.69 Å². The van der Waals surface area contributed by atoms with E-state index in [1.54, 1.807) is 19.1 Å². The Morgan fingerprint density at radius 3 is 2.74 bits per heavy atom. The van der Waals surface area contributed by atoms with E-state index in [9.17, 15) is 14.9 Å². The maximum absolute atomic E-state index is 11.9. The Labute approximate surface area is 112 Å². The van der Waals surface area contributed by atoms with Crippen molar-refractivity contribution in [3.8, 4) is 0 Å². The van der Waals surface area contributed by atoms with Crippen LogP contribution in [0.2, 0.25) is 0 Å². The monoisotopic (exact) mass is 265 g/mol. The molecule has 1 amide bonds. The smallest absolute Gasteiger partial charge is 0.272 e. The summed E-state index contributed by atoms with van der Waals surface area (Å²) in [4.78, 5) is 22.1. The van der Waals surface area contributed by atoms with Crippen molar-refractivity contribution in [2.75, 3.05) is 11.9 Å². The number of anilines is 1. The van der Waals surface area contributed by atoms with Crippen molar-refractivity contribution < 1.29 is 9.72 Å². The van der Waals surface area contributed by atoms with Crippen molar-refractivity contribution in [1.82, 2.24) is 0 Å². The minimum atomic E-state index is -0.440. The van der Waals surface area contributed by atoms with Gasteiger partial charge in [0.1, 0.15) is 0 Å². The highest BCUT2D eigenvalue weighted by Gasteiger charge is 2.14. The lowest BCUT2D eigenvalue weighted by atomic mass is 10.0. The van der Waals surface area contributed by atoms with Crippen LogP contribution >= 0.6 is 0 Å². The molecule has 3 N–H and O–H groups in total. The molecule has 0 spiro atoms. The molecule has 0 fully saturated rings. The summed E-state index contributed by atoms with van der Waals surface area (Å²) in [6.45, 7) is 4.04. The third-order valence-corrected chi connectivity index (χ3v) is 2.95. The standard InChI is InChI=1S/C13H19N3O3/c1-9(4-3-7-14)13(17)15-11-5-6-12(16(18)19)10(2)8-11/h5-6,8-9H,3-4,7,14H2,1-2H3,(H,15,17). The first-order chi connectivity index (χ1) is 8.95. The summed E-state index contributed by atoms with van der Waals surface area (Å²) in [5.74, 6) is -0.222. The number of nitrogens with zero attached hydrogens (tertiary/aromatic N) is 1. The van der Waals surface area contributed by atoms with Crippen molar-refractivity contribution in [1.29, 1.82) is 0 Å². The molecule has 0 saturated heterocycles. The summed E-state index contributed by atoms with van der Waals surface area (Å²) in [7, 11) is 0. The SMILES string of the molecule is Cc1cc(NC(=O)C(C)CCCN)ccc1[N+](=O)[O-]. The van der Waals surface area contributed by atoms with Crippen LogP contribution < -0.4 is 11.1 Å². The van der Waals surface area contributed by atoms with E-state index in [1.807, 2.05) is 6.92 Å². The topological polar surface area (TPSA) is 98.3 Å². The van der Waals surface area contributed by atoms with Crippen molar-refractivity contribution in [2.24, 2.45) is 11.7 Å². The van der Waals surface area contributed by atoms with Gasteiger partial charge in [-0.3, -0.25) is 14.9 Å². The summed E-state index contributed by atoms with van der Waals surface area (Å²) in [6, 6.07) is 4.54. The Bertz CT molecular complexity index is 474. The number of nitrogens with two attached hydrogens (primary N) is 1. The molecule has 6 heteroatoms. The molecule has 1 aromatic rings. The van der Waals surface area contributed by atoms with Crippen molar-refractivity contribution >= 4 is 17.3 Å². The highest BCUT2D eigenvalue weighted by molar-refractivity contribution is 5.92. The average molecular weight is 265 g/mol. The van der Waals surface area contributed by atoms with E-state index >= 15 is 0 Å². The van der Waals surface area contributed by atoms with Crippen molar-refractivity contribution in [3.63, 3.8) is 0 Å². The Balaban J connectivity index is 2.70. The Morgan fingerprint density at radius 1 is 1.53 bits per heavy atom. The number of hydrogen-bond acceptors (Lipinski definition) is 4. The summed E-state index contributed by atoms with van der Waals surface area (Å²) < 4.78 is 0. The molecule has 0 aliphatic carbocycles. The molecule has 1 aromatic carbocycles. The number of nitro groups is 1. The van der Waals surface area contributed by atoms with E-state index in [0.29, 0.717) is 17.8 Å². The summed E-state index contributed by atoms with van der Waals surface area (Å²) in [5.41, 5.74) is 6.55. The third-order valence-electron chi connectivity index (χ3n) is 2.95. The number of aryl methyl sites for hydroxylation is 1. The van der Waals surface area contributed by atoms with Gasteiger partial charge in [0, 0.05) is 23.2 Å². The fraction of sp³-hybridized carbons (Fsp3) is 0.462. The molecule has 0 saturated carbocycles. The summed E-state index contributed by atoms with van der Waals surface area (Å²) >= 11 is 0. The molecule has 0 aliphatic rings. The molecule has 104 valence electrons. The van der Waals surface area contributed by atoms with Crippen LogP contribution in [-0.2, 0) is 4.79 Å². The normalized spacial score (nSPS) is 11.9. The number of carbonyl (C=O) groups excluding carboxylic acids is 1. The van der Waals surface area contributed by atoms with Crippen LogP contribution in [0.4, 0.5) is 11.4 Å². The molecule has 0 heterocycles.